The van der Waals surface area contributed by atoms with E-state index >= 15 is 0 Å². The number of halogens is 3. The van der Waals surface area contributed by atoms with Crippen LogP contribution in [0.4, 0.5) is 18.9 Å². The van der Waals surface area contributed by atoms with Crippen LogP contribution in [-0.4, -0.2) is 44.7 Å². The largest absolute Gasteiger partial charge is 0.370 e. The van der Waals surface area contributed by atoms with Gasteiger partial charge in [-0.15, -0.1) is 0 Å². The fourth-order valence-electron chi connectivity index (χ4n) is 6.04. The summed E-state index contributed by atoms with van der Waals surface area (Å²) in [7, 11) is 1.71. The Kier molecular flexibility index (Phi) is 5.30. The summed E-state index contributed by atoms with van der Waals surface area (Å²) >= 11 is 0. The fourth-order valence-corrected chi connectivity index (χ4v) is 6.04. The first-order valence-corrected chi connectivity index (χ1v) is 12.2. The van der Waals surface area contributed by atoms with Crippen molar-refractivity contribution in [3.63, 3.8) is 0 Å². The number of amides is 1. The van der Waals surface area contributed by atoms with Crippen LogP contribution in [0.2, 0.25) is 0 Å². The zero-order valence-electron chi connectivity index (χ0n) is 19.5. The van der Waals surface area contributed by atoms with Gasteiger partial charge in [0.05, 0.1) is 34.9 Å². The third kappa shape index (κ3) is 3.59. The molecule has 2 saturated heterocycles. The highest BCUT2D eigenvalue weighted by Gasteiger charge is 2.43. The van der Waals surface area contributed by atoms with Crippen LogP contribution in [0.15, 0.2) is 30.6 Å². The first-order chi connectivity index (χ1) is 16.9. The maximum absolute atomic E-state index is 14.0. The molecule has 3 aliphatic rings. The molecule has 0 aliphatic carbocycles. The lowest BCUT2D eigenvalue weighted by Crippen LogP contribution is -2.49. The number of aromatic nitrogens is 3. The van der Waals surface area contributed by atoms with Crippen LogP contribution < -0.4 is 4.90 Å². The molecule has 1 amide bonds. The molecular weight excluding hydrogens is 455 g/mol. The molecule has 0 radical (unpaired) electrons. The summed E-state index contributed by atoms with van der Waals surface area (Å²) in [6.45, 7) is 1.94. The van der Waals surface area contributed by atoms with Crippen molar-refractivity contribution in [1.29, 1.82) is 0 Å². The van der Waals surface area contributed by atoms with Crippen molar-refractivity contribution in [1.82, 2.24) is 19.7 Å². The van der Waals surface area contributed by atoms with Crippen LogP contribution in [0.25, 0.3) is 11.3 Å². The number of benzene rings is 1. The molecular formula is C26H26F3N5O. The second-order valence-corrected chi connectivity index (χ2v) is 9.73. The molecule has 6 nitrogen and oxygen atoms in total. The maximum Gasteiger partial charge on any atom is 0.256 e. The van der Waals surface area contributed by atoms with Gasteiger partial charge in [0.2, 0.25) is 0 Å². The summed E-state index contributed by atoms with van der Waals surface area (Å²) in [5.41, 5.74) is 3.98. The summed E-state index contributed by atoms with van der Waals surface area (Å²) in [5, 5.41) is 4.70. The van der Waals surface area contributed by atoms with Gasteiger partial charge in [-0.3, -0.25) is 14.5 Å². The standard InChI is InChI=1S/C26H26F3N5O/c1-32-25(15-10-20(27)23(29)21(28)11-15)19-12-17-5-4-6-22(24(19)31-32)34(17)26(35)16-9-18(14-30-13-16)33-7-2-3-8-33/h9-11,13-14,17,22H,2-8,12H2,1H3/t17-,22+/m0/s1. The number of carbonyl (C=O) groups excluding carboxylic acids is 1. The van der Waals surface area contributed by atoms with Crippen molar-refractivity contribution in [2.24, 2.45) is 7.05 Å². The van der Waals surface area contributed by atoms with Gasteiger partial charge >= 0.3 is 0 Å². The van der Waals surface area contributed by atoms with E-state index in [0.29, 0.717) is 17.7 Å². The van der Waals surface area contributed by atoms with Crippen LogP contribution in [0.5, 0.6) is 0 Å². The predicted octanol–water partition coefficient (Wildman–Crippen LogP) is 4.79. The van der Waals surface area contributed by atoms with E-state index in [4.69, 9.17) is 5.10 Å². The van der Waals surface area contributed by atoms with Gasteiger partial charge in [0.1, 0.15) is 0 Å². The Labute approximate surface area is 201 Å². The highest BCUT2D eigenvalue weighted by atomic mass is 19.2. The Hall–Kier alpha value is -3.36. The Morgan fingerprint density at radius 3 is 2.49 bits per heavy atom. The van der Waals surface area contributed by atoms with Crippen molar-refractivity contribution in [3.05, 3.63) is 64.9 Å². The van der Waals surface area contributed by atoms with Gasteiger partial charge in [-0.2, -0.15) is 5.10 Å². The van der Waals surface area contributed by atoms with Gasteiger partial charge in [0, 0.05) is 43.5 Å². The molecule has 2 fully saturated rings. The highest BCUT2D eigenvalue weighted by Crippen LogP contribution is 2.45. The van der Waals surface area contributed by atoms with Gasteiger partial charge in [0.25, 0.3) is 5.91 Å². The number of hydrogen-bond acceptors (Lipinski definition) is 4. The first-order valence-electron chi connectivity index (χ1n) is 12.2. The quantitative estimate of drug-likeness (QED) is 0.505. The second kappa shape index (κ2) is 8.39. The van der Waals surface area contributed by atoms with E-state index in [0.717, 1.165) is 74.3 Å². The first kappa shape index (κ1) is 22.1. The van der Waals surface area contributed by atoms with Gasteiger partial charge in [-0.25, -0.2) is 13.2 Å². The van der Waals surface area contributed by atoms with Gasteiger partial charge in [0.15, 0.2) is 17.5 Å². The summed E-state index contributed by atoms with van der Waals surface area (Å²) < 4.78 is 43.2. The van der Waals surface area contributed by atoms with Crippen LogP contribution in [0, 0.1) is 17.5 Å². The molecule has 9 heteroatoms. The smallest absolute Gasteiger partial charge is 0.256 e. The fraction of sp³-hybridized carbons (Fsp3) is 0.423. The normalized spacial score (nSPS) is 21.4. The Morgan fingerprint density at radius 2 is 1.74 bits per heavy atom. The molecule has 0 N–H and O–H groups in total. The lowest BCUT2D eigenvalue weighted by Gasteiger charge is -2.45. The summed E-state index contributed by atoms with van der Waals surface area (Å²) in [4.78, 5) is 22.3. The average Bonchev–Trinajstić information content (AvgIpc) is 3.50. The molecule has 2 bridgehead atoms. The molecule has 35 heavy (non-hydrogen) atoms. The minimum absolute atomic E-state index is 0.0534. The zero-order valence-corrected chi connectivity index (χ0v) is 19.5. The van der Waals surface area contributed by atoms with Gasteiger partial charge < -0.3 is 9.80 Å². The van der Waals surface area contributed by atoms with Crippen LogP contribution in [-0.2, 0) is 13.5 Å². The molecule has 0 saturated carbocycles. The topological polar surface area (TPSA) is 54.3 Å². The predicted molar refractivity (Wildman–Crippen MR) is 124 cm³/mol. The number of fused-ring (bicyclic) bond motifs is 4. The van der Waals surface area contributed by atoms with Crippen molar-refractivity contribution in [2.45, 2.75) is 50.6 Å². The third-order valence-electron chi connectivity index (χ3n) is 7.61. The van der Waals surface area contributed by atoms with Crippen molar-refractivity contribution in [3.8, 4) is 11.3 Å². The number of rotatable bonds is 3. The number of hydrogen-bond donors (Lipinski definition) is 0. The van der Waals surface area contributed by atoms with E-state index in [1.54, 1.807) is 17.9 Å². The number of carbonyl (C=O) groups is 1. The Balaban J connectivity index is 1.38. The third-order valence-corrected chi connectivity index (χ3v) is 7.61. The lowest BCUT2D eigenvalue weighted by molar-refractivity contribution is 0.0391. The monoisotopic (exact) mass is 481 g/mol. The molecule has 3 aromatic rings. The molecule has 1 aromatic carbocycles. The molecule has 0 unspecified atom stereocenters. The summed E-state index contributed by atoms with van der Waals surface area (Å²) in [6, 6.07) is 3.68. The lowest BCUT2D eigenvalue weighted by atomic mass is 9.81. The highest BCUT2D eigenvalue weighted by molar-refractivity contribution is 5.95. The Bertz CT molecular complexity index is 1290. The maximum atomic E-state index is 14.0. The molecule has 182 valence electrons. The summed E-state index contributed by atoms with van der Waals surface area (Å²) in [6.07, 6.45) is 8.81. The van der Waals surface area contributed by atoms with Crippen molar-refractivity contribution in [2.75, 3.05) is 18.0 Å². The van der Waals surface area contributed by atoms with E-state index in [1.807, 2.05) is 17.2 Å². The number of anilines is 1. The van der Waals surface area contributed by atoms with Gasteiger partial charge in [-0.1, -0.05) is 0 Å². The SMILES string of the molecule is Cn1nc2c(c1-c1cc(F)c(F)c(F)c1)C[C@@H]1CCC[C@H]2N1C(=O)c1cncc(N2CCCC2)c1. The minimum atomic E-state index is -1.48. The van der Waals surface area contributed by atoms with E-state index in [9.17, 15) is 18.0 Å². The molecule has 5 heterocycles. The van der Waals surface area contributed by atoms with Crippen molar-refractivity contribution < 1.29 is 18.0 Å². The molecule has 3 aliphatic heterocycles. The van der Waals surface area contributed by atoms with Crippen LogP contribution in [0.1, 0.15) is 59.8 Å². The van der Waals surface area contributed by atoms with E-state index in [2.05, 4.69) is 9.88 Å². The van der Waals surface area contributed by atoms with Crippen molar-refractivity contribution >= 4 is 11.6 Å². The number of aryl methyl sites for hydroxylation is 1. The Morgan fingerprint density at radius 1 is 1.00 bits per heavy atom. The molecule has 0 spiro atoms. The van der Waals surface area contributed by atoms with E-state index < -0.39 is 17.5 Å². The van der Waals surface area contributed by atoms with E-state index in [-0.39, 0.29) is 23.6 Å². The zero-order chi connectivity index (χ0) is 24.3. The number of nitrogens with zero attached hydrogens (tertiary/aromatic N) is 5. The number of piperidine rings is 1. The number of pyridine rings is 1. The minimum Gasteiger partial charge on any atom is -0.370 e. The van der Waals surface area contributed by atoms with E-state index in [1.165, 1.54) is 0 Å². The summed E-state index contributed by atoms with van der Waals surface area (Å²) in [5.74, 6) is -4.01. The van der Waals surface area contributed by atoms with Crippen LogP contribution in [0.3, 0.4) is 0 Å². The van der Waals surface area contributed by atoms with Gasteiger partial charge in [-0.05, 0) is 56.7 Å². The molecule has 6 rings (SSSR count). The average molecular weight is 482 g/mol. The molecule has 2 atom stereocenters. The van der Waals surface area contributed by atoms with Crippen LogP contribution >= 0.6 is 0 Å². The second-order valence-electron chi connectivity index (χ2n) is 9.73. The molecule has 2 aromatic heterocycles.